The Bertz CT molecular complexity index is 1380. The number of nitrogens with one attached hydrogen (secondary N) is 1. The molecule has 9 heteroatoms. The summed E-state index contributed by atoms with van der Waals surface area (Å²) in [5, 5.41) is 3.85. The Morgan fingerprint density at radius 3 is 2.43 bits per heavy atom. The summed E-state index contributed by atoms with van der Waals surface area (Å²) in [6, 6.07) is 19.3. The summed E-state index contributed by atoms with van der Waals surface area (Å²) in [7, 11) is 0. The summed E-state index contributed by atoms with van der Waals surface area (Å²) in [5.41, 5.74) is 10.5. The molecule has 8 nitrogen and oxygen atoms in total. The van der Waals surface area contributed by atoms with Crippen LogP contribution in [0.2, 0.25) is 0 Å². The second kappa shape index (κ2) is 9.89. The molecular formula is C26H26N6O2S. The van der Waals surface area contributed by atoms with Gasteiger partial charge in [0.1, 0.15) is 5.52 Å². The lowest BCUT2D eigenvalue weighted by Crippen LogP contribution is -2.47. The molecule has 178 valence electrons. The monoisotopic (exact) mass is 486 g/mol. The Morgan fingerprint density at radius 1 is 1.03 bits per heavy atom. The van der Waals surface area contributed by atoms with Gasteiger partial charge >= 0.3 is 0 Å². The Balaban J connectivity index is 1.62. The van der Waals surface area contributed by atoms with Gasteiger partial charge in [-0.05, 0) is 25.1 Å². The lowest BCUT2D eigenvalue weighted by atomic mass is 10.1. The lowest BCUT2D eigenvalue weighted by Gasteiger charge is -2.27. The Labute approximate surface area is 207 Å². The first-order valence-corrected chi connectivity index (χ1v) is 12.5. The molecule has 2 aromatic carbocycles. The van der Waals surface area contributed by atoms with Gasteiger partial charge < -0.3 is 16.0 Å². The van der Waals surface area contributed by atoms with Crippen LogP contribution in [0.5, 0.6) is 0 Å². The molecule has 1 fully saturated rings. The van der Waals surface area contributed by atoms with Gasteiger partial charge in [-0.2, -0.15) is 0 Å². The number of carbonyl (C=O) groups excluding carboxylic acids is 2. The average molecular weight is 487 g/mol. The number of hydrogen-bond acceptors (Lipinski definition) is 6. The molecule has 0 unspecified atom stereocenters. The number of rotatable bonds is 6. The zero-order chi connectivity index (χ0) is 24.4. The summed E-state index contributed by atoms with van der Waals surface area (Å²) in [4.78, 5) is 36.8. The predicted molar refractivity (Wildman–Crippen MR) is 138 cm³/mol. The number of primary amides is 1. The quantitative estimate of drug-likeness (QED) is 0.406. The van der Waals surface area contributed by atoms with Crippen molar-refractivity contribution in [3.8, 4) is 16.9 Å². The lowest BCUT2D eigenvalue weighted by molar-refractivity contribution is -0.128. The number of imidazole rings is 1. The summed E-state index contributed by atoms with van der Waals surface area (Å²) < 4.78 is 1.90. The maximum atomic E-state index is 12.8. The average Bonchev–Trinajstić information content (AvgIpc) is 3.26. The second-order valence-corrected chi connectivity index (χ2v) is 9.38. The first-order valence-electron chi connectivity index (χ1n) is 11.5. The van der Waals surface area contributed by atoms with Crippen molar-refractivity contribution < 1.29 is 9.59 Å². The van der Waals surface area contributed by atoms with Crippen molar-refractivity contribution in [3.63, 3.8) is 0 Å². The highest BCUT2D eigenvalue weighted by Gasteiger charge is 2.23. The molecule has 0 saturated carbocycles. The number of pyridine rings is 1. The number of thioether (sulfide) groups is 1. The largest absolute Gasteiger partial charge is 0.366 e. The first-order chi connectivity index (χ1) is 17.0. The number of hydrogen-bond donors (Lipinski definition) is 2. The molecule has 0 atom stereocenters. The van der Waals surface area contributed by atoms with Crippen LogP contribution >= 0.6 is 11.8 Å². The number of aryl methyl sites for hydroxylation is 1. The van der Waals surface area contributed by atoms with Crippen LogP contribution in [0.25, 0.3) is 28.1 Å². The highest BCUT2D eigenvalue weighted by molar-refractivity contribution is 7.99. The van der Waals surface area contributed by atoms with E-state index in [0.29, 0.717) is 40.7 Å². The number of fused-ring (bicyclic) bond motifs is 1. The molecule has 2 aromatic heterocycles. The second-order valence-electron chi connectivity index (χ2n) is 8.44. The van der Waals surface area contributed by atoms with Gasteiger partial charge in [-0.25, -0.2) is 9.97 Å². The van der Waals surface area contributed by atoms with Crippen LogP contribution in [0, 0.1) is 6.92 Å². The number of para-hydroxylation sites is 1. The van der Waals surface area contributed by atoms with E-state index in [1.807, 2.05) is 71.0 Å². The fraction of sp³-hybridized carbons (Fsp3) is 0.231. The molecular weight excluding hydrogens is 460 g/mol. The Morgan fingerprint density at radius 2 is 1.74 bits per heavy atom. The smallest absolute Gasteiger partial charge is 0.251 e. The zero-order valence-electron chi connectivity index (χ0n) is 19.4. The Kier molecular flexibility index (Phi) is 6.52. The molecule has 35 heavy (non-hydrogen) atoms. The van der Waals surface area contributed by atoms with Crippen molar-refractivity contribution in [2.45, 2.75) is 12.1 Å². The van der Waals surface area contributed by atoms with Gasteiger partial charge in [0, 0.05) is 37.4 Å². The SMILES string of the molecule is Cc1ccc(-c2cc(C(N)=O)c3nc(SCC(=O)N4CCNCC4)n(-c4ccccc4)c3n2)cc1. The van der Waals surface area contributed by atoms with Gasteiger partial charge in [0.05, 0.1) is 17.0 Å². The van der Waals surface area contributed by atoms with E-state index in [2.05, 4.69) is 5.32 Å². The normalized spacial score (nSPS) is 13.8. The minimum Gasteiger partial charge on any atom is -0.366 e. The van der Waals surface area contributed by atoms with Crippen LogP contribution in [0.4, 0.5) is 0 Å². The molecule has 1 saturated heterocycles. The van der Waals surface area contributed by atoms with Crippen molar-refractivity contribution >= 4 is 34.7 Å². The first kappa shape index (κ1) is 23.1. The fourth-order valence-corrected chi connectivity index (χ4v) is 5.04. The highest BCUT2D eigenvalue weighted by Crippen LogP contribution is 2.31. The van der Waals surface area contributed by atoms with E-state index in [1.165, 1.54) is 11.8 Å². The van der Waals surface area contributed by atoms with Crippen molar-refractivity contribution in [3.05, 3.63) is 71.8 Å². The van der Waals surface area contributed by atoms with E-state index in [1.54, 1.807) is 6.07 Å². The van der Waals surface area contributed by atoms with E-state index in [4.69, 9.17) is 15.7 Å². The van der Waals surface area contributed by atoms with Crippen LogP contribution in [-0.4, -0.2) is 63.2 Å². The van der Waals surface area contributed by atoms with Crippen LogP contribution < -0.4 is 11.1 Å². The minimum atomic E-state index is -0.572. The molecule has 1 aliphatic heterocycles. The number of nitrogens with two attached hydrogens (primary N) is 1. The third kappa shape index (κ3) is 4.78. The molecule has 3 N–H and O–H groups in total. The molecule has 0 spiro atoms. The number of amides is 2. The summed E-state index contributed by atoms with van der Waals surface area (Å²) in [6.45, 7) is 5.01. The van der Waals surface area contributed by atoms with E-state index >= 15 is 0 Å². The van der Waals surface area contributed by atoms with Gasteiger partial charge in [0.2, 0.25) is 5.91 Å². The summed E-state index contributed by atoms with van der Waals surface area (Å²) in [6.07, 6.45) is 0. The van der Waals surface area contributed by atoms with Gasteiger partial charge in [-0.15, -0.1) is 0 Å². The minimum absolute atomic E-state index is 0.0617. The van der Waals surface area contributed by atoms with Gasteiger partial charge in [-0.3, -0.25) is 14.2 Å². The van der Waals surface area contributed by atoms with Gasteiger partial charge in [0.25, 0.3) is 5.91 Å². The van der Waals surface area contributed by atoms with Crippen LogP contribution in [-0.2, 0) is 4.79 Å². The molecule has 0 bridgehead atoms. The molecule has 3 heterocycles. The maximum Gasteiger partial charge on any atom is 0.251 e. The Hall–Kier alpha value is -3.69. The highest BCUT2D eigenvalue weighted by atomic mass is 32.2. The van der Waals surface area contributed by atoms with E-state index in [0.717, 1.165) is 29.9 Å². The molecule has 1 aliphatic rings. The number of aromatic nitrogens is 3. The number of carbonyl (C=O) groups is 2. The van der Waals surface area contributed by atoms with Gasteiger partial charge in [0.15, 0.2) is 10.8 Å². The topological polar surface area (TPSA) is 106 Å². The van der Waals surface area contributed by atoms with Crippen LogP contribution in [0.3, 0.4) is 0 Å². The third-order valence-electron chi connectivity index (χ3n) is 6.01. The molecule has 0 aliphatic carbocycles. The van der Waals surface area contributed by atoms with Crippen molar-refractivity contribution in [2.24, 2.45) is 5.73 Å². The van der Waals surface area contributed by atoms with Crippen LogP contribution in [0.1, 0.15) is 15.9 Å². The van der Waals surface area contributed by atoms with Crippen LogP contribution in [0.15, 0.2) is 65.8 Å². The fourth-order valence-electron chi connectivity index (χ4n) is 4.13. The molecule has 5 rings (SSSR count). The predicted octanol–water partition coefficient (Wildman–Crippen LogP) is 3.02. The third-order valence-corrected chi connectivity index (χ3v) is 6.93. The number of benzene rings is 2. The van der Waals surface area contributed by atoms with E-state index in [9.17, 15) is 9.59 Å². The number of piperazine rings is 1. The van der Waals surface area contributed by atoms with Crippen molar-refractivity contribution in [1.82, 2.24) is 24.8 Å². The maximum absolute atomic E-state index is 12.8. The van der Waals surface area contributed by atoms with Crippen molar-refractivity contribution in [2.75, 3.05) is 31.9 Å². The molecule has 4 aromatic rings. The van der Waals surface area contributed by atoms with E-state index < -0.39 is 5.91 Å². The molecule has 2 amide bonds. The molecule has 0 radical (unpaired) electrons. The summed E-state index contributed by atoms with van der Waals surface area (Å²) in [5.74, 6) is -0.268. The summed E-state index contributed by atoms with van der Waals surface area (Å²) >= 11 is 1.34. The van der Waals surface area contributed by atoms with Crippen molar-refractivity contribution in [1.29, 1.82) is 0 Å². The number of nitrogens with zero attached hydrogens (tertiary/aromatic N) is 4. The van der Waals surface area contributed by atoms with Gasteiger partial charge in [-0.1, -0.05) is 59.8 Å². The van der Waals surface area contributed by atoms with E-state index in [-0.39, 0.29) is 11.7 Å². The zero-order valence-corrected chi connectivity index (χ0v) is 20.2. The standard InChI is InChI=1S/C26H26N6O2S/c1-17-7-9-18(10-8-17)21-15-20(24(27)34)23-25(29-21)32(19-5-3-2-4-6-19)26(30-23)35-16-22(33)31-13-11-28-12-14-31/h2-10,15,28H,11-14,16H2,1H3,(H2,27,34).